The first-order chi connectivity index (χ1) is 8.49. The van der Waals surface area contributed by atoms with Crippen LogP contribution in [-0.4, -0.2) is 5.11 Å². The highest BCUT2D eigenvalue weighted by molar-refractivity contribution is 5.34. The molecule has 2 rings (SSSR count). The van der Waals surface area contributed by atoms with Crippen LogP contribution in [0.5, 0.6) is 0 Å². The number of aliphatic hydroxyl groups is 1. The normalized spacial score (nSPS) is 20.0. The second-order valence-corrected chi connectivity index (χ2v) is 6.28. The lowest BCUT2D eigenvalue weighted by Gasteiger charge is -2.27. The highest BCUT2D eigenvalue weighted by atomic mass is 16.3. The minimum Gasteiger partial charge on any atom is -0.385 e. The number of benzene rings is 1. The number of hydrogen-bond acceptors (Lipinski definition) is 1. The van der Waals surface area contributed by atoms with Crippen LogP contribution in [-0.2, 0) is 5.60 Å². The van der Waals surface area contributed by atoms with E-state index in [1.54, 1.807) is 0 Å². The van der Waals surface area contributed by atoms with Crippen LogP contribution in [0.4, 0.5) is 0 Å². The summed E-state index contributed by atoms with van der Waals surface area (Å²) in [6.45, 7) is 6.17. The Morgan fingerprint density at radius 2 is 1.89 bits per heavy atom. The molecule has 1 aromatic carbocycles. The van der Waals surface area contributed by atoms with Gasteiger partial charge >= 0.3 is 0 Å². The van der Waals surface area contributed by atoms with E-state index in [0.717, 1.165) is 17.9 Å². The molecule has 1 unspecified atom stereocenters. The van der Waals surface area contributed by atoms with Crippen LogP contribution in [0.15, 0.2) is 18.2 Å². The Bertz CT molecular complexity index is 400. The Morgan fingerprint density at radius 3 is 2.56 bits per heavy atom. The molecule has 0 aromatic heterocycles. The minimum absolute atomic E-state index is 0.668. The van der Waals surface area contributed by atoms with Crippen molar-refractivity contribution in [3.8, 4) is 0 Å². The molecule has 1 heteroatoms. The van der Waals surface area contributed by atoms with Crippen molar-refractivity contribution >= 4 is 0 Å². The molecular weight excluding hydrogens is 220 g/mol. The van der Waals surface area contributed by atoms with E-state index < -0.39 is 5.60 Å². The van der Waals surface area contributed by atoms with Crippen molar-refractivity contribution in [1.82, 2.24) is 0 Å². The second-order valence-electron chi connectivity index (χ2n) is 6.28. The fourth-order valence-corrected chi connectivity index (χ4v) is 3.23. The van der Waals surface area contributed by atoms with E-state index in [0.29, 0.717) is 0 Å². The van der Waals surface area contributed by atoms with Crippen molar-refractivity contribution in [2.75, 3.05) is 0 Å². The second kappa shape index (κ2) is 5.44. The first kappa shape index (κ1) is 13.6. The van der Waals surface area contributed by atoms with Gasteiger partial charge in [0.15, 0.2) is 0 Å². The number of rotatable bonds is 4. The van der Waals surface area contributed by atoms with E-state index in [1.807, 2.05) is 6.92 Å². The Labute approximate surface area is 111 Å². The van der Waals surface area contributed by atoms with E-state index in [2.05, 4.69) is 32.0 Å². The van der Waals surface area contributed by atoms with Gasteiger partial charge < -0.3 is 5.11 Å². The zero-order chi connectivity index (χ0) is 13.2. The Balaban J connectivity index is 2.06. The van der Waals surface area contributed by atoms with Crippen LogP contribution in [0.3, 0.4) is 0 Å². The fourth-order valence-electron chi connectivity index (χ4n) is 3.23. The summed E-state index contributed by atoms with van der Waals surface area (Å²) in [6, 6.07) is 6.38. The maximum absolute atomic E-state index is 10.8. The molecule has 0 radical (unpaired) electrons. The topological polar surface area (TPSA) is 20.2 Å². The van der Waals surface area contributed by atoms with E-state index in [-0.39, 0.29) is 0 Å². The lowest BCUT2D eigenvalue weighted by atomic mass is 9.84. The van der Waals surface area contributed by atoms with Gasteiger partial charge in [-0.3, -0.25) is 0 Å². The first-order valence-electron chi connectivity index (χ1n) is 7.29. The predicted molar refractivity (Wildman–Crippen MR) is 76.7 cm³/mol. The zero-order valence-electron chi connectivity index (χ0n) is 12.0. The van der Waals surface area contributed by atoms with Crippen molar-refractivity contribution in [3.05, 3.63) is 34.9 Å². The molecule has 0 amide bonds. The lowest BCUT2D eigenvalue weighted by Crippen LogP contribution is -2.23. The van der Waals surface area contributed by atoms with Gasteiger partial charge in [0.05, 0.1) is 5.60 Å². The largest absolute Gasteiger partial charge is 0.385 e. The molecule has 1 nitrogen and oxygen atoms in total. The van der Waals surface area contributed by atoms with Gasteiger partial charge in [-0.25, -0.2) is 0 Å². The van der Waals surface area contributed by atoms with Crippen LogP contribution in [0.2, 0.25) is 0 Å². The maximum Gasteiger partial charge on any atom is 0.0871 e. The molecule has 1 aromatic rings. The maximum atomic E-state index is 10.8. The van der Waals surface area contributed by atoms with Gasteiger partial charge in [0.25, 0.3) is 0 Å². The fraction of sp³-hybridized carbons (Fsp3) is 0.647. The van der Waals surface area contributed by atoms with Crippen LogP contribution < -0.4 is 0 Å². The van der Waals surface area contributed by atoms with Gasteiger partial charge in [-0.1, -0.05) is 49.4 Å². The standard InChI is InChI=1S/C17H26O/c1-13-8-9-14(2)16(12-13)17(3,18)11-10-15-6-4-5-7-15/h8-9,12,15,18H,4-7,10-11H2,1-3H3. The molecule has 1 atom stereocenters. The monoisotopic (exact) mass is 246 g/mol. The molecule has 1 aliphatic carbocycles. The van der Waals surface area contributed by atoms with Crippen LogP contribution in [0.1, 0.15) is 62.1 Å². The summed E-state index contributed by atoms with van der Waals surface area (Å²) >= 11 is 0. The molecular formula is C17H26O. The molecule has 1 aliphatic rings. The third-order valence-electron chi connectivity index (χ3n) is 4.49. The van der Waals surface area contributed by atoms with Gasteiger partial charge in [-0.05, 0) is 50.7 Å². The summed E-state index contributed by atoms with van der Waals surface area (Å²) in [5, 5.41) is 10.8. The molecule has 100 valence electrons. The van der Waals surface area contributed by atoms with E-state index in [4.69, 9.17) is 0 Å². The first-order valence-corrected chi connectivity index (χ1v) is 7.29. The number of hydrogen-bond donors (Lipinski definition) is 1. The van der Waals surface area contributed by atoms with Crippen molar-refractivity contribution in [2.45, 2.75) is 64.9 Å². The highest BCUT2D eigenvalue weighted by Crippen LogP contribution is 2.35. The summed E-state index contributed by atoms with van der Waals surface area (Å²) in [7, 11) is 0. The van der Waals surface area contributed by atoms with Gasteiger partial charge in [0.2, 0.25) is 0 Å². The smallest absolute Gasteiger partial charge is 0.0871 e. The minimum atomic E-state index is -0.668. The van der Waals surface area contributed by atoms with Crippen LogP contribution in [0.25, 0.3) is 0 Å². The average Bonchev–Trinajstić information content (AvgIpc) is 2.83. The van der Waals surface area contributed by atoms with Crippen LogP contribution in [0, 0.1) is 19.8 Å². The highest BCUT2D eigenvalue weighted by Gasteiger charge is 2.27. The van der Waals surface area contributed by atoms with Crippen molar-refractivity contribution in [3.63, 3.8) is 0 Å². The van der Waals surface area contributed by atoms with Gasteiger partial charge in [-0.2, -0.15) is 0 Å². The molecule has 0 heterocycles. The van der Waals surface area contributed by atoms with E-state index in [1.165, 1.54) is 43.2 Å². The Morgan fingerprint density at radius 1 is 1.22 bits per heavy atom. The molecule has 1 fully saturated rings. The third kappa shape index (κ3) is 3.14. The quantitative estimate of drug-likeness (QED) is 0.830. The summed E-state index contributed by atoms with van der Waals surface area (Å²) < 4.78 is 0. The van der Waals surface area contributed by atoms with E-state index >= 15 is 0 Å². The Hall–Kier alpha value is -0.820. The molecule has 0 saturated heterocycles. The third-order valence-corrected chi connectivity index (χ3v) is 4.49. The summed E-state index contributed by atoms with van der Waals surface area (Å²) in [5.74, 6) is 0.849. The molecule has 0 spiro atoms. The molecule has 18 heavy (non-hydrogen) atoms. The van der Waals surface area contributed by atoms with E-state index in [9.17, 15) is 5.11 Å². The molecule has 0 bridgehead atoms. The lowest BCUT2D eigenvalue weighted by molar-refractivity contribution is 0.0402. The molecule has 1 saturated carbocycles. The average molecular weight is 246 g/mol. The molecule has 0 aliphatic heterocycles. The number of aryl methyl sites for hydroxylation is 2. The van der Waals surface area contributed by atoms with Crippen molar-refractivity contribution in [1.29, 1.82) is 0 Å². The van der Waals surface area contributed by atoms with Crippen molar-refractivity contribution in [2.24, 2.45) is 5.92 Å². The predicted octanol–water partition coefficient (Wildman–Crippen LogP) is 4.48. The summed E-state index contributed by atoms with van der Waals surface area (Å²) in [5.41, 5.74) is 2.88. The summed E-state index contributed by atoms with van der Waals surface area (Å²) in [6.07, 6.45) is 7.56. The van der Waals surface area contributed by atoms with Crippen molar-refractivity contribution < 1.29 is 5.11 Å². The van der Waals surface area contributed by atoms with Crippen LogP contribution >= 0.6 is 0 Å². The molecule has 1 N–H and O–H groups in total. The summed E-state index contributed by atoms with van der Waals surface area (Å²) in [4.78, 5) is 0. The van der Waals surface area contributed by atoms with Gasteiger partial charge in [0.1, 0.15) is 0 Å². The SMILES string of the molecule is Cc1ccc(C)c(C(C)(O)CCC2CCCC2)c1. The van der Waals surface area contributed by atoms with Gasteiger partial charge in [-0.15, -0.1) is 0 Å². The Kier molecular flexibility index (Phi) is 4.11. The van der Waals surface area contributed by atoms with Gasteiger partial charge in [0, 0.05) is 0 Å². The zero-order valence-corrected chi connectivity index (χ0v) is 12.0.